The van der Waals surface area contributed by atoms with Gasteiger partial charge in [0.15, 0.2) is 11.6 Å². The molecule has 1 saturated heterocycles. The van der Waals surface area contributed by atoms with E-state index in [4.69, 9.17) is 16.8 Å². The minimum absolute atomic E-state index is 0.0757. The van der Waals surface area contributed by atoms with Gasteiger partial charge in [0.1, 0.15) is 5.84 Å². The Bertz CT molecular complexity index is 1250. The first kappa shape index (κ1) is 25.9. The molecule has 1 fully saturated rings. The normalized spacial score (nSPS) is 13.9. The molecule has 0 radical (unpaired) electrons. The summed E-state index contributed by atoms with van der Waals surface area (Å²) in [5.41, 5.74) is 5.65. The van der Waals surface area contributed by atoms with Crippen molar-refractivity contribution in [2.75, 3.05) is 43.6 Å². The third-order valence-corrected chi connectivity index (χ3v) is 5.58. The van der Waals surface area contributed by atoms with Gasteiger partial charge >= 0.3 is 0 Å². The largest absolute Gasteiger partial charge is 0.403 e. The first-order valence-corrected chi connectivity index (χ1v) is 10.9. The summed E-state index contributed by atoms with van der Waals surface area (Å²) in [4.78, 5) is 37.2. The number of hydrogen-bond acceptors (Lipinski definition) is 9. The van der Waals surface area contributed by atoms with Crippen LogP contribution in [0.3, 0.4) is 0 Å². The molecule has 1 aromatic carbocycles. The van der Waals surface area contributed by atoms with Crippen molar-refractivity contribution >= 4 is 34.6 Å². The van der Waals surface area contributed by atoms with Crippen molar-refractivity contribution < 1.29 is 14.0 Å². The van der Waals surface area contributed by atoms with Crippen molar-refractivity contribution in [3.63, 3.8) is 0 Å². The van der Waals surface area contributed by atoms with Crippen LogP contribution in [0.4, 0.5) is 15.9 Å². The number of amidine groups is 1. The lowest BCUT2D eigenvalue weighted by molar-refractivity contribution is -0.142. The Balaban J connectivity index is 1.77. The fourth-order valence-corrected chi connectivity index (χ4v) is 3.83. The molecule has 0 atom stereocenters. The van der Waals surface area contributed by atoms with E-state index < -0.39 is 17.5 Å². The number of nitrogens with one attached hydrogen (secondary N) is 1. The third-order valence-electron chi connectivity index (χ3n) is 5.58. The number of carbonyl (C=O) groups is 2. The van der Waals surface area contributed by atoms with Gasteiger partial charge in [0.05, 0.1) is 11.9 Å². The monoisotopic (exact) mass is 491 g/mol. The van der Waals surface area contributed by atoms with E-state index in [-0.39, 0.29) is 35.7 Å². The van der Waals surface area contributed by atoms with Crippen LogP contribution in [0, 0.1) is 17.3 Å². The maximum atomic E-state index is 14.8. The summed E-state index contributed by atoms with van der Waals surface area (Å²) in [6.07, 6.45) is 5.16. The van der Waals surface area contributed by atoms with Gasteiger partial charge in [-0.2, -0.15) is 10.3 Å². The van der Waals surface area contributed by atoms with Crippen molar-refractivity contribution in [3.8, 4) is 6.19 Å². The number of pyridine rings is 1. The number of nitriles is 1. The number of carbonyl (C=O) groups excluding carboxylic acids is 2. The van der Waals surface area contributed by atoms with Crippen LogP contribution in [0.15, 0.2) is 60.5 Å². The second-order valence-electron chi connectivity index (χ2n) is 7.67. The minimum atomic E-state index is -0.956. The number of ketones is 1. The van der Waals surface area contributed by atoms with Crippen LogP contribution in [-0.2, 0) is 9.59 Å². The van der Waals surface area contributed by atoms with Crippen LogP contribution >= 0.6 is 0 Å². The first-order valence-electron chi connectivity index (χ1n) is 10.9. The molecule has 0 saturated carbocycles. The molecule has 1 amide bonds. The topological polar surface area (TPSA) is 157 Å². The van der Waals surface area contributed by atoms with Crippen molar-refractivity contribution in [3.05, 3.63) is 72.5 Å². The second kappa shape index (κ2) is 11.6. The fraction of sp³-hybridized carbons (Fsp3) is 0.208. The summed E-state index contributed by atoms with van der Waals surface area (Å²) in [6.45, 7) is 4.80. The lowest BCUT2D eigenvalue weighted by Crippen LogP contribution is -2.52. The number of amides is 1. The highest BCUT2D eigenvalue weighted by Gasteiger charge is 2.32. The van der Waals surface area contributed by atoms with E-state index in [0.717, 1.165) is 23.0 Å². The molecule has 2 aromatic rings. The number of hydrogen-bond donors (Lipinski definition) is 3. The van der Waals surface area contributed by atoms with Crippen LogP contribution in [0.5, 0.6) is 0 Å². The molecule has 12 heteroatoms. The Kier molecular flexibility index (Phi) is 8.32. The number of halogens is 1. The lowest BCUT2D eigenvalue weighted by atomic mass is 10.0. The molecule has 2 heterocycles. The van der Waals surface area contributed by atoms with Gasteiger partial charge in [-0.3, -0.25) is 14.6 Å². The Morgan fingerprint density at radius 3 is 2.47 bits per heavy atom. The molecule has 1 aliphatic heterocycles. The molecule has 0 unspecified atom stereocenters. The van der Waals surface area contributed by atoms with E-state index in [1.807, 2.05) is 41.4 Å². The van der Waals surface area contributed by atoms with E-state index in [2.05, 4.69) is 21.9 Å². The molecular formula is C24H26FN9O2. The van der Waals surface area contributed by atoms with Gasteiger partial charge in [-0.15, -0.1) is 0 Å². The fourth-order valence-electron chi connectivity index (χ4n) is 3.83. The summed E-state index contributed by atoms with van der Waals surface area (Å²) >= 11 is 0. The molecule has 5 N–H and O–H groups in total. The number of nitrogens with zero attached hydrogens (tertiary/aromatic N) is 6. The van der Waals surface area contributed by atoms with Gasteiger partial charge in [-0.05, 0) is 0 Å². The molecule has 0 bridgehead atoms. The Hall–Kier alpha value is -4.76. The summed E-state index contributed by atoms with van der Waals surface area (Å²) in [7, 11) is 1.50. The zero-order valence-corrected chi connectivity index (χ0v) is 19.7. The highest BCUT2D eigenvalue weighted by Crippen LogP contribution is 2.33. The molecule has 186 valence electrons. The zero-order valence-electron chi connectivity index (χ0n) is 19.7. The van der Waals surface area contributed by atoms with E-state index in [1.54, 1.807) is 0 Å². The van der Waals surface area contributed by atoms with Crippen LogP contribution in [0.25, 0.3) is 5.57 Å². The average molecular weight is 492 g/mol. The molecule has 0 spiro atoms. The number of benzene rings is 1. The van der Waals surface area contributed by atoms with Crippen molar-refractivity contribution in [2.24, 2.45) is 16.6 Å². The van der Waals surface area contributed by atoms with E-state index >= 15 is 0 Å². The predicted octanol–water partition coefficient (Wildman–Crippen LogP) is 1.03. The van der Waals surface area contributed by atoms with Gasteiger partial charge in [0.2, 0.25) is 6.19 Å². The molecule has 1 aliphatic rings. The molecule has 0 aliphatic carbocycles. The van der Waals surface area contributed by atoms with Crippen molar-refractivity contribution in [1.82, 2.24) is 14.8 Å². The van der Waals surface area contributed by atoms with Crippen LogP contribution in [0.1, 0.15) is 11.1 Å². The number of nitrogens with two attached hydrogens (primary N) is 2. The van der Waals surface area contributed by atoms with Gasteiger partial charge in [-0.1, -0.05) is 36.9 Å². The average Bonchev–Trinajstić information content (AvgIpc) is 2.91. The lowest BCUT2D eigenvalue weighted by Gasteiger charge is -2.36. The maximum absolute atomic E-state index is 14.8. The van der Waals surface area contributed by atoms with E-state index in [1.165, 1.54) is 18.1 Å². The van der Waals surface area contributed by atoms with E-state index in [0.29, 0.717) is 18.9 Å². The van der Waals surface area contributed by atoms with Crippen LogP contribution in [-0.4, -0.2) is 65.5 Å². The van der Waals surface area contributed by atoms with Gasteiger partial charge in [-0.25, -0.2) is 15.2 Å². The summed E-state index contributed by atoms with van der Waals surface area (Å²) in [5, 5.41) is 12.9. The molecule has 36 heavy (non-hydrogen) atoms. The van der Waals surface area contributed by atoms with Gasteiger partial charge < -0.3 is 20.9 Å². The molecular weight excluding hydrogens is 465 g/mol. The molecule has 11 nitrogen and oxygen atoms in total. The number of rotatable bonds is 7. The summed E-state index contributed by atoms with van der Waals surface area (Å²) in [5.74, 6) is 3.83. The number of hydrazine groups is 1. The van der Waals surface area contributed by atoms with Crippen LogP contribution in [0.2, 0.25) is 0 Å². The van der Waals surface area contributed by atoms with Crippen molar-refractivity contribution in [1.29, 1.82) is 5.26 Å². The Morgan fingerprint density at radius 1 is 1.25 bits per heavy atom. The number of Topliss-reactive ketones (excluding diaryl/α,β-unsaturated/α-hetero) is 1. The minimum Gasteiger partial charge on any atom is -0.403 e. The van der Waals surface area contributed by atoms with Gasteiger partial charge in [0.25, 0.3) is 11.7 Å². The second-order valence-corrected chi connectivity index (χ2v) is 7.67. The SMILES string of the molecule is C=C(C(=O)C(=O)N1CCN(C(=NC#N)c2ccccc2)CC1)c1c(F)cnc(N(N)/C=C\N)c1NC. The number of aliphatic imine (C=N–C) groups is 1. The van der Waals surface area contributed by atoms with Gasteiger partial charge in [0, 0.05) is 62.3 Å². The third kappa shape index (κ3) is 5.31. The Labute approximate surface area is 207 Å². The first-order chi connectivity index (χ1) is 17.3. The van der Waals surface area contributed by atoms with Crippen LogP contribution < -0.4 is 21.9 Å². The summed E-state index contributed by atoms with van der Waals surface area (Å²) in [6, 6.07) is 9.21. The smallest absolute Gasteiger partial charge is 0.295 e. The molecule has 3 rings (SSSR count). The number of aromatic nitrogens is 1. The number of anilines is 2. The maximum Gasteiger partial charge on any atom is 0.295 e. The number of piperazine rings is 1. The zero-order chi connectivity index (χ0) is 26.2. The highest BCUT2D eigenvalue weighted by molar-refractivity contribution is 6.53. The molecule has 1 aromatic heterocycles. The Morgan fingerprint density at radius 2 is 1.89 bits per heavy atom. The summed E-state index contributed by atoms with van der Waals surface area (Å²) < 4.78 is 14.8. The predicted molar refractivity (Wildman–Crippen MR) is 135 cm³/mol. The quantitative estimate of drug-likeness (QED) is 0.0978. The van der Waals surface area contributed by atoms with E-state index in [9.17, 15) is 14.0 Å². The van der Waals surface area contributed by atoms with Crippen molar-refractivity contribution in [2.45, 2.75) is 0 Å². The standard InChI is InChI=1S/C24H26FN9O2/c1-16(19-18(25)14-30-23(20(19)29-2)34(28)9-8-26)21(35)24(36)33-12-10-32(11-13-33)22(31-15-27)17-6-4-3-5-7-17/h3-9,14,29H,1,10-13,26,28H2,2H3/b9-8-,31-22?. The highest BCUT2D eigenvalue weighted by atomic mass is 19.1.